The fraction of sp³-hybridized carbons (Fsp3) is 0.362. The van der Waals surface area contributed by atoms with Gasteiger partial charge in [-0.15, -0.1) is 0 Å². The number of nitrogens with one attached hydrogen (secondary N) is 1. The molecule has 0 bridgehead atoms. The first-order valence-electron chi connectivity index (χ1n) is 41.7. The van der Waals surface area contributed by atoms with E-state index < -0.39 is 0 Å². The zero-order valence-electron chi connectivity index (χ0n) is 70.7. The summed E-state index contributed by atoms with van der Waals surface area (Å²) < 4.78 is 30.4. The van der Waals surface area contributed by atoms with Crippen LogP contribution >= 0.6 is 0 Å². The number of anilines is 1. The molecular weight excluding hydrogens is 1500 g/mol. The maximum Gasteiger partial charge on any atom is 0.345 e. The Labute approximate surface area is 690 Å². The number of hydrogen-bond donors (Lipinski definition) is 1. The van der Waals surface area contributed by atoms with Gasteiger partial charge in [-0.25, -0.2) is 39.1 Å². The maximum atomic E-state index is 12.7. The van der Waals surface area contributed by atoms with Crippen molar-refractivity contribution in [2.75, 3.05) is 90.0 Å². The van der Waals surface area contributed by atoms with Gasteiger partial charge in [0.05, 0.1) is 90.6 Å². The number of hydrogen-bond acceptors (Lipinski definition) is 21. The highest BCUT2D eigenvalue weighted by Crippen LogP contribution is 2.39. The molecule has 12 aromatic heterocycles. The van der Waals surface area contributed by atoms with Crippen LogP contribution in [-0.2, 0) is 19.3 Å². The van der Waals surface area contributed by atoms with E-state index in [9.17, 15) is 19.2 Å². The molecule has 119 heavy (non-hydrogen) atoms. The van der Waals surface area contributed by atoms with Gasteiger partial charge < -0.3 is 60.2 Å². The van der Waals surface area contributed by atoms with E-state index in [2.05, 4.69) is 131 Å². The molecule has 1 spiro atoms. The molecule has 2 fully saturated rings. The molecule has 0 saturated carbocycles. The number of unbranched alkanes of at least 4 members (excludes halogenated alkanes) is 1. The monoisotopic (exact) mass is 1600 g/mol. The first-order chi connectivity index (χ1) is 57.4. The van der Waals surface area contributed by atoms with Gasteiger partial charge in [-0.3, -0.25) is 19.9 Å². The third-order valence-corrected chi connectivity index (χ3v) is 23.1. The van der Waals surface area contributed by atoms with Crippen LogP contribution in [0.15, 0.2) is 183 Å². The molecular formula is C94H105N17O8. The molecule has 18 rings (SSSR count). The lowest BCUT2D eigenvalue weighted by atomic mass is 9.74. The van der Waals surface area contributed by atoms with E-state index in [1.165, 1.54) is 23.1 Å². The lowest BCUT2D eigenvalue weighted by Gasteiger charge is -2.57. The van der Waals surface area contributed by atoms with E-state index >= 15 is 0 Å². The predicted molar refractivity (Wildman–Crippen MR) is 472 cm³/mol. The molecule has 614 valence electrons. The number of nitrogens with zero attached hydrogens (tertiary/aromatic N) is 16. The fourth-order valence-electron chi connectivity index (χ4n) is 16.4. The van der Waals surface area contributed by atoms with Gasteiger partial charge >= 0.3 is 22.5 Å². The highest BCUT2D eigenvalue weighted by molar-refractivity contribution is 5.86. The molecule has 0 aliphatic carbocycles. The number of aromatic nitrogens is 12. The lowest BCUT2D eigenvalue weighted by molar-refractivity contribution is 0.121. The van der Waals surface area contributed by atoms with Crippen LogP contribution in [0, 0.1) is 60.8 Å². The smallest absolute Gasteiger partial charge is 0.345 e. The van der Waals surface area contributed by atoms with E-state index in [4.69, 9.17) is 17.7 Å². The van der Waals surface area contributed by atoms with Crippen molar-refractivity contribution in [1.82, 2.24) is 77.5 Å². The van der Waals surface area contributed by atoms with Gasteiger partial charge in [-0.1, -0.05) is 77.9 Å². The zero-order chi connectivity index (χ0) is 83.5. The van der Waals surface area contributed by atoms with Crippen LogP contribution in [-0.4, -0.2) is 157 Å². The molecule has 14 heterocycles. The maximum absolute atomic E-state index is 12.7. The minimum atomic E-state index is -0.372. The molecule has 25 heteroatoms. The molecule has 0 radical (unpaired) electrons. The van der Waals surface area contributed by atoms with Crippen molar-refractivity contribution < 1.29 is 17.7 Å². The first-order valence-corrected chi connectivity index (χ1v) is 41.7. The summed E-state index contributed by atoms with van der Waals surface area (Å²) in [5.74, 6) is 0. The summed E-state index contributed by atoms with van der Waals surface area (Å²) in [6, 6.07) is 32.0. The fourth-order valence-corrected chi connectivity index (χ4v) is 16.4. The summed E-state index contributed by atoms with van der Waals surface area (Å²) in [5.41, 5.74) is 20.4. The summed E-state index contributed by atoms with van der Waals surface area (Å²) in [6.45, 7) is 42.5. The molecule has 0 amide bonds. The van der Waals surface area contributed by atoms with E-state index in [1.807, 2.05) is 195 Å². The van der Waals surface area contributed by atoms with Crippen molar-refractivity contribution >= 4 is 72.2 Å². The Bertz CT molecular complexity index is 6700. The van der Waals surface area contributed by atoms with Crippen LogP contribution in [0.4, 0.5) is 5.69 Å². The van der Waals surface area contributed by atoms with E-state index in [0.717, 1.165) is 213 Å². The minimum Gasteiger partial charge on any atom is -0.422 e. The third-order valence-electron chi connectivity index (χ3n) is 23.1. The summed E-state index contributed by atoms with van der Waals surface area (Å²) >= 11 is 0. The molecule has 25 nitrogen and oxygen atoms in total. The highest BCUT2D eigenvalue weighted by Gasteiger charge is 2.47. The minimum absolute atomic E-state index is 0.364. The standard InChI is InChI=1S/C25H30N4O2.C24H28N4O2.C23H26N4O2.C22H21N5O2/c1-5-28(6-2)12-8-7-9-19-10-11-20-14-21(25(30)31-23(20)13-19)22-16-29-15-17(3)26-18(4)24(29)27-22;1-5-27(6-2)11-7-8-18-9-10-19-13-20(24(29)30-22(19)12-18)21-15-28-14-16(3)25-17(4)23(28)26-21;1-5-26(6-2)10-9-17-7-8-18-12-19(23(28)29-21(18)11-17)20-14-27-13-15(3)24-16(4)22(27)25-20;1-13-7-26-8-18(25-20(26)14(2)24-13)17-5-15-3-4-16(6-19(15)29-21(17)28)27-11-22(12-27)9-23-10-22/h10-11,13-16H,5-9,12H2,1-4H3;9-10,12-15H,5-8,11H2,1-4H3;7-8,11-14H,5-6,9-10H2,1-4H3;3-8,23H,9-12H2,1-2H3. The van der Waals surface area contributed by atoms with E-state index in [0.29, 0.717) is 72.8 Å². The molecule has 1 N–H and O–H groups in total. The molecule has 4 aromatic carbocycles. The van der Waals surface area contributed by atoms with E-state index in [1.54, 1.807) is 0 Å². The van der Waals surface area contributed by atoms with Gasteiger partial charge in [0.1, 0.15) is 22.3 Å². The number of imidazole rings is 4. The molecule has 2 saturated heterocycles. The van der Waals surface area contributed by atoms with Gasteiger partial charge in [-0.2, -0.15) is 0 Å². The zero-order valence-corrected chi connectivity index (χ0v) is 70.7. The quantitative estimate of drug-likeness (QED) is 0.0460. The lowest BCUT2D eigenvalue weighted by Crippen LogP contribution is -2.71. The average molecular weight is 1600 g/mol. The van der Waals surface area contributed by atoms with Crippen molar-refractivity contribution in [1.29, 1.82) is 0 Å². The predicted octanol–water partition coefficient (Wildman–Crippen LogP) is 15.7. The van der Waals surface area contributed by atoms with Crippen LogP contribution in [0.3, 0.4) is 0 Å². The molecule has 16 aromatic rings. The second kappa shape index (κ2) is 35.2. The molecule has 2 aliphatic rings. The van der Waals surface area contributed by atoms with Crippen molar-refractivity contribution in [2.45, 2.75) is 135 Å². The molecule has 0 unspecified atom stereocenters. The number of fused-ring (bicyclic) bond motifs is 8. The highest BCUT2D eigenvalue weighted by atomic mass is 16.4. The number of benzene rings is 4. The van der Waals surface area contributed by atoms with Crippen LogP contribution in [0.2, 0.25) is 0 Å². The average Bonchev–Trinajstić information content (AvgIpc) is 1.70. The van der Waals surface area contributed by atoms with Gasteiger partial charge in [0.25, 0.3) is 0 Å². The van der Waals surface area contributed by atoms with Crippen LogP contribution in [0.5, 0.6) is 0 Å². The van der Waals surface area contributed by atoms with Gasteiger partial charge in [0.15, 0.2) is 22.6 Å². The third kappa shape index (κ3) is 18.0. The topological polar surface area (TPSA) is 267 Å². The summed E-state index contributed by atoms with van der Waals surface area (Å²) in [4.78, 5) is 96.7. The Kier molecular flexibility index (Phi) is 24.2. The molecule has 0 atom stereocenters. The van der Waals surface area contributed by atoms with Crippen molar-refractivity contribution in [3.05, 3.63) is 251 Å². The second-order valence-electron chi connectivity index (χ2n) is 31.8. The second-order valence-corrected chi connectivity index (χ2v) is 31.8. The largest absolute Gasteiger partial charge is 0.422 e. The van der Waals surface area contributed by atoms with Crippen LogP contribution < -0.4 is 32.7 Å². The van der Waals surface area contributed by atoms with E-state index in [-0.39, 0.29) is 22.5 Å². The number of aryl methyl sites for hydroxylation is 10. The Morgan fingerprint density at radius 2 is 0.647 bits per heavy atom. The summed E-state index contributed by atoms with van der Waals surface area (Å²) in [5, 5.41) is 6.96. The number of likely N-dealkylation sites (N-methyl/N-ethyl adjacent to an activating group) is 1. The summed E-state index contributed by atoms with van der Waals surface area (Å²) in [7, 11) is 0. The first kappa shape index (κ1) is 82.0. The van der Waals surface area contributed by atoms with Gasteiger partial charge in [0.2, 0.25) is 0 Å². The van der Waals surface area contributed by atoms with Crippen LogP contribution in [0.1, 0.15) is 123 Å². The molecule has 2 aliphatic heterocycles. The Morgan fingerprint density at radius 1 is 0.345 bits per heavy atom. The Morgan fingerprint density at radius 3 is 0.975 bits per heavy atom. The SMILES string of the molecule is CCN(CC)CCCCc1ccc2cc(-c3cn4cc(C)nc(C)c4n3)c(=O)oc2c1.CCN(CC)CCCc1ccc2cc(-c3cn4cc(C)nc(C)c4n3)c(=O)oc2c1.CCN(CC)CCc1ccc2cc(-c3cn4cc(C)nc(C)c4n3)c(=O)oc2c1.Cc1cn2cc(-c3cc4ccc(N5CC6(CNC6)C5)cc4oc3=O)nc2c(C)n1. The van der Waals surface area contributed by atoms with Crippen LogP contribution in [0.25, 0.3) is 111 Å². The van der Waals surface area contributed by atoms with Crippen molar-refractivity contribution in [2.24, 2.45) is 5.41 Å². The Balaban J connectivity index is 0.000000124. The van der Waals surface area contributed by atoms with Crippen molar-refractivity contribution in [3.8, 4) is 45.0 Å². The normalized spacial score (nSPS) is 13.2. The number of rotatable bonds is 23. The van der Waals surface area contributed by atoms with Gasteiger partial charge in [-0.05, 0) is 218 Å². The van der Waals surface area contributed by atoms with Crippen molar-refractivity contribution in [3.63, 3.8) is 0 Å². The van der Waals surface area contributed by atoms with Gasteiger partial charge in [0, 0.05) is 121 Å². The Hall–Kier alpha value is -12.2. The summed E-state index contributed by atoms with van der Waals surface area (Å²) in [6.07, 6.45) is 21.3.